The number of carbonyl (C=O) groups excluding carboxylic acids is 1. The first-order valence-electron chi connectivity index (χ1n) is 9.42. The zero-order valence-corrected chi connectivity index (χ0v) is 17.5. The first-order chi connectivity index (χ1) is 13.3. The van der Waals surface area contributed by atoms with Gasteiger partial charge in [0.1, 0.15) is 5.52 Å². The maximum absolute atomic E-state index is 12.9. The Morgan fingerprint density at radius 3 is 2.64 bits per heavy atom. The first kappa shape index (κ1) is 20.2. The molecule has 7 heteroatoms. The van der Waals surface area contributed by atoms with Crippen LogP contribution in [-0.4, -0.2) is 26.2 Å². The number of rotatable bonds is 7. The van der Waals surface area contributed by atoms with Crippen LogP contribution in [0, 0.1) is 12.8 Å². The van der Waals surface area contributed by atoms with Crippen LogP contribution in [-0.2, 0) is 11.3 Å². The minimum atomic E-state index is -0.0904. The Bertz CT molecular complexity index is 1020. The van der Waals surface area contributed by atoms with Crippen LogP contribution in [0.25, 0.3) is 11.0 Å². The van der Waals surface area contributed by atoms with Crippen LogP contribution >= 0.6 is 11.8 Å². The highest BCUT2D eigenvalue weighted by molar-refractivity contribution is 7.99. The Hall–Kier alpha value is -2.54. The van der Waals surface area contributed by atoms with Gasteiger partial charge in [0.2, 0.25) is 5.91 Å². The first-order valence-corrected chi connectivity index (χ1v) is 10.4. The number of nitrogens with one attached hydrogen (secondary N) is 2. The Kier molecular flexibility index (Phi) is 6.24. The molecule has 0 unspecified atom stereocenters. The molecule has 1 atom stereocenters. The predicted octanol–water partition coefficient (Wildman–Crippen LogP) is 3.66. The van der Waals surface area contributed by atoms with Crippen molar-refractivity contribution >= 4 is 28.7 Å². The van der Waals surface area contributed by atoms with E-state index in [0.717, 1.165) is 11.3 Å². The van der Waals surface area contributed by atoms with Crippen LogP contribution in [0.1, 0.15) is 38.1 Å². The second-order valence-corrected chi connectivity index (χ2v) is 8.35. The van der Waals surface area contributed by atoms with Crippen LogP contribution < -0.4 is 10.9 Å². The zero-order valence-electron chi connectivity index (χ0n) is 16.7. The molecule has 2 N–H and O–H groups in total. The third kappa shape index (κ3) is 4.65. The molecule has 0 aliphatic rings. The van der Waals surface area contributed by atoms with E-state index in [2.05, 4.69) is 29.1 Å². The maximum atomic E-state index is 12.9. The molecule has 0 radical (unpaired) electrons. The fraction of sp³-hybridized carbons (Fsp3) is 0.381. The lowest BCUT2D eigenvalue weighted by Crippen LogP contribution is -2.29. The van der Waals surface area contributed by atoms with Crippen molar-refractivity contribution in [2.24, 2.45) is 5.92 Å². The summed E-state index contributed by atoms with van der Waals surface area (Å²) in [6, 6.07) is 11.6. The summed E-state index contributed by atoms with van der Waals surface area (Å²) in [5.74, 6) is 0.410. The van der Waals surface area contributed by atoms with Gasteiger partial charge in [-0.25, -0.2) is 4.98 Å². The minimum absolute atomic E-state index is 0.0741. The lowest BCUT2D eigenvalue weighted by molar-refractivity contribution is -0.119. The monoisotopic (exact) mass is 398 g/mol. The molecule has 0 saturated carbocycles. The fourth-order valence-electron chi connectivity index (χ4n) is 3.09. The van der Waals surface area contributed by atoms with E-state index in [1.165, 1.54) is 11.8 Å². The SMILES string of the molecule is Cc1cc2nc(SCC(=O)N[C@@H](C)c3ccccc3)n(CC(C)C)c(=O)c2[nH]1. The average Bonchev–Trinajstić information content (AvgIpc) is 3.03. The van der Waals surface area contributed by atoms with E-state index in [0.29, 0.717) is 28.7 Å². The van der Waals surface area contributed by atoms with E-state index in [1.54, 1.807) is 4.57 Å². The predicted molar refractivity (Wildman–Crippen MR) is 114 cm³/mol. The third-order valence-corrected chi connectivity index (χ3v) is 5.37. The van der Waals surface area contributed by atoms with Gasteiger partial charge >= 0.3 is 0 Å². The van der Waals surface area contributed by atoms with Crippen LogP contribution in [0.15, 0.2) is 46.3 Å². The standard InChI is InChI=1S/C21H26N4O2S/c1-13(2)11-25-20(27)19-17(10-14(3)22-19)24-21(25)28-12-18(26)23-15(4)16-8-6-5-7-9-16/h5-10,13,15,22H,11-12H2,1-4H3,(H,23,26)/t15-/m0/s1. The highest BCUT2D eigenvalue weighted by atomic mass is 32.2. The molecule has 0 aliphatic carbocycles. The number of aromatic nitrogens is 3. The topological polar surface area (TPSA) is 79.8 Å². The molecular formula is C21H26N4O2S. The summed E-state index contributed by atoms with van der Waals surface area (Å²) in [4.78, 5) is 33.0. The van der Waals surface area contributed by atoms with Gasteiger partial charge in [0.05, 0.1) is 17.3 Å². The van der Waals surface area contributed by atoms with Gasteiger partial charge in [0.15, 0.2) is 5.16 Å². The molecule has 0 bridgehead atoms. The molecule has 0 fully saturated rings. The molecule has 6 nitrogen and oxygen atoms in total. The summed E-state index contributed by atoms with van der Waals surface area (Å²) in [7, 11) is 0. The van der Waals surface area contributed by atoms with E-state index in [1.807, 2.05) is 50.2 Å². The van der Waals surface area contributed by atoms with Crippen molar-refractivity contribution in [2.75, 3.05) is 5.75 Å². The normalized spacial score (nSPS) is 12.5. The van der Waals surface area contributed by atoms with Gasteiger partial charge in [-0.3, -0.25) is 14.2 Å². The lowest BCUT2D eigenvalue weighted by Gasteiger charge is -2.16. The molecule has 2 heterocycles. The Balaban J connectivity index is 1.77. The van der Waals surface area contributed by atoms with Gasteiger partial charge in [0.25, 0.3) is 5.56 Å². The van der Waals surface area contributed by atoms with E-state index in [-0.39, 0.29) is 23.3 Å². The van der Waals surface area contributed by atoms with E-state index < -0.39 is 0 Å². The van der Waals surface area contributed by atoms with E-state index >= 15 is 0 Å². The number of aromatic amines is 1. The molecule has 28 heavy (non-hydrogen) atoms. The molecule has 1 amide bonds. The van der Waals surface area contributed by atoms with Gasteiger partial charge in [-0.2, -0.15) is 0 Å². The van der Waals surface area contributed by atoms with Crippen molar-refractivity contribution in [3.05, 3.63) is 58.0 Å². The quantitative estimate of drug-likeness (QED) is 0.470. The summed E-state index contributed by atoms with van der Waals surface area (Å²) in [5.41, 5.74) is 3.02. The van der Waals surface area contributed by atoms with Crippen molar-refractivity contribution in [1.29, 1.82) is 0 Å². The summed E-state index contributed by atoms with van der Waals surface area (Å²) in [5, 5.41) is 3.58. The number of carbonyl (C=O) groups is 1. The van der Waals surface area contributed by atoms with Crippen molar-refractivity contribution in [3.63, 3.8) is 0 Å². The molecule has 0 spiro atoms. The number of amides is 1. The van der Waals surface area contributed by atoms with Crippen molar-refractivity contribution in [2.45, 2.75) is 45.4 Å². The molecule has 0 aliphatic heterocycles. The van der Waals surface area contributed by atoms with Crippen LogP contribution in [0.2, 0.25) is 0 Å². The van der Waals surface area contributed by atoms with Crippen molar-refractivity contribution in [3.8, 4) is 0 Å². The lowest BCUT2D eigenvalue weighted by atomic mass is 10.1. The van der Waals surface area contributed by atoms with Crippen LogP contribution in [0.5, 0.6) is 0 Å². The molecule has 2 aromatic heterocycles. The number of thioether (sulfide) groups is 1. The fourth-order valence-corrected chi connectivity index (χ4v) is 3.91. The van der Waals surface area contributed by atoms with Crippen LogP contribution in [0.3, 0.4) is 0 Å². The van der Waals surface area contributed by atoms with Gasteiger partial charge < -0.3 is 10.3 Å². The summed E-state index contributed by atoms with van der Waals surface area (Å²) in [6.07, 6.45) is 0. The van der Waals surface area contributed by atoms with E-state index in [4.69, 9.17) is 0 Å². The van der Waals surface area contributed by atoms with Gasteiger partial charge in [-0.05, 0) is 31.4 Å². The molecule has 1 aromatic carbocycles. The van der Waals surface area contributed by atoms with Crippen LogP contribution in [0.4, 0.5) is 0 Å². The largest absolute Gasteiger partial charge is 0.353 e. The number of H-pyrrole nitrogens is 1. The summed E-state index contributed by atoms with van der Waals surface area (Å²) >= 11 is 1.30. The van der Waals surface area contributed by atoms with Gasteiger partial charge in [-0.15, -0.1) is 0 Å². The second kappa shape index (κ2) is 8.65. The second-order valence-electron chi connectivity index (χ2n) is 7.41. The highest BCUT2D eigenvalue weighted by Crippen LogP contribution is 2.20. The van der Waals surface area contributed by atoms with Gasteiger partial charge in [-0.1, -0.05) is 55.9 Å². The Morgan fingerprint density at radius 2 is 1.96 bits per heavy atom. The number of hydrogen-bond donors (Lipinski definition) is 2. The molecule has 0 saturated heterocycles. The minimum Gasteiger partial charge on any atom is -0.353 e. The molecule has 148 valence electrons. The van der Waals surface area contributed by atoms with E-state index in [9.17, 15) is 9.59 Å². The van der Waals surface area contributed by atoms with Crippen molar-refractivity contribution < 1.29 is 4.79 Å². The Labute approximate surface area is 168 Å². The number of hydrogen-bond acceptors (Lipinski definition) is 4. The number of benzene rings is 1. The molecular weight excluding hydrogens is 372 g/mol. The number of nitrogens with zero attached hydrogens (tertiary/aromatic N) is 2. The highest BCUT2D eigenvalue weighted by Gasteiger charge is 2.16. The van der Waals surface area contributed by atoms with Gasteiger partial charge in [0, 0.05) is 12.2 Å². The van der Waals surface area contributed by atoms with Crippen molar-refractivity contribution in [1.82, 2.24) is 19.9 Å². The smallest absolute Gasteiger partial charge is 0.278 e. The molecule has 3 rings (SSSR count). The molecule has 3 aromatic rings. The Morgan fingerprint density at radius 1 is 1.25 bits per heavy atom. The maximum Gasteiger partial charge on any atom is 0.278 e. The summed E-state index contributed by atoms with van der Waals surface area (Å²) < 4.78 is 1.67. The zero-order chi connectivity index (χ0) is 20.3. The number of fused-ring (bicyclic) bond motifs is 1. The summed E-state index contributed by atoms with van der Waals surface area (Å²) in [6.45, 7) is 8.53. The third-order valence-electron chi connectivity index (χ3n) is 4.39. The average molecular weight is 399 g/mol. The number of aryl methyl sites for hydroxylation is 1.